The van der Waals surface area contributed by atoms with E-state index in [4.69, 9.17) is 0 Å². The van der Waals surface area contributed by atoms with Gasteiger partial charge in [0.1, 0.15) is 0 Å². The van der Waals surface area contributed by atoms with Gasteiger partial charge in [-0.05, 0) is 32.4 Å². The number of carbonyl (C=O) groups is 1. The van der Waals surface area contributed by atoms with Crippen LogP contribution in [0.1, 0.15) is 26.2 Å². The molecule has 2 rings (SSSR count). The minimum Gasteiger partial charge on any atom is -0.339 e. The molecule has 1 aromatic rings. The molecule has 0 radical (unpaired) electrons. The van der Waals surface area contributed by atoms with Gasteiger partial charge in [0, 0.05) is 25.8 Å². The van der Waals surface area contributed by atoms with Crippen molar-refractivity contribution in [3.05, 3.63) is 12.5 Å². The van der Waals surface area contributed by atoms with E-state index in [0.717, 1.165) is 32.4 Å². The summed E-state index contributed by atoms with van der Waals surface area (Å²) in [4.78, 5) is 18.1. The van der Waals surface area contributed by atoms with Gasteiger partial charge in [-0.25, -0.2) is 18.1 Å². The van der Waals surface area contributed by atoms with Gasteiger partial charge in [0.15, 0.2) is 5.03 Å². The lowest BCUT2D eigenvalue weighted by molar-refractivity contribution is -0.132. The molecule has 2 heterocycles. The number of sulfonamides is 1. The molecule has 23 heavy (non-hydrogen) atoms. The first-order valence-corrected chi connectivity index (χ1v) is 9.40. The molecule has 2 N–H and O–H groups in total. The van der Waals surface area contributed by atoms with Gasteiger partial charge >= 0.3 is 0 Å². The quantitative estimate of drug-likeness (QED) is 0.708. The lowest BCUT2D eigenvalue weighted by Crippen LogP contribution is -2.49. The average molecular weight is 343 g/mol. The summed E-state index contributed by atoms with van der Waals surface area (Å²) in [5.74, 6) is -0.182. The Bertz CT molecular complexity index is 622. The SMILES string of the molecule is CCCN(C(=O)CNS(=O)(=O)c1cn(C)cn1)C1CCNCC1. The van der Waals surface area contributed by atoms with E-state index >= 15 is 0 Å². The summed E-state index contributed by atoms with van der Waals surface area (Å²) < 4.78 is 28.2. The number of nitrogens with one attached hydrogen (secondary N) is 2. The average Bonchev–Trinajstić information content (AvgIpc) is 2.99. The summed E-state index contributed by atoms with van der Waals surface area (Å²) in [5, 5.41) is 3.20. The van der Waals surface area contributed by atoms with Crippen LogP contribution < -0.4 is 10.0 Å². The summed E-state index contributed by atoms with van der Waals surface area (Å²) in [6.45, 7) is 4.20. The second kappa shape index (κ2) is 7.89. The van der Waals surface area contributed by atoms with Gasteiger partial charge in [0.05, 0.1) is 12.9 Å². The van der Waals surface area contributed by atoms with E-state index in [1.807, 2.05) is 11.8 Å². The fourth-order valence-electron chi connectivity index (χ4n) is 2.73. The first-order chi connectivity index (χ1) is 10.9. The van der Waals surface area contributed by atoms with Crippen molar-refractivity contribution in [2.75, 3.05) is 26.2 Å². The van der Waals surface area contributed by atoms with Crippen molar-refractivity contribution in [2.24, 2.45) is 7.05 Å². The van der Waals surface area contributed by atoms with Gasteiger partial charge in [0.25, 0.3) is 10.0 Å². The van der Waals surface area contributed by atoms with Crippen LogP contribution in [0.4, 0.5) is 0 Å². The number of imidazole rings is 1. The molecule has 0 aromatic carbocycles. The van der Waals surface area contributed by atoms with Crippen molar-refractivity contribution in [1.29, 1.82) is 0 Å². The number of amides is 1. The molecule has 0 unspecified atom stereocenters. The summed E-state index contributed by atoms with van der Waals surface area (Å²) in [6, 6.07) is 0.183. The Kier molecular flexibility index (Phi) is 6.14. The van der Waals surface area contributed by atoms with E-state index in [-0.39, 0.29) is 23.5 Å². The predicted molar refractivity (Wildman–Crippen MR) is 86.3 cm³/mol. The van der Waals surface area contributed by atoms with Crippen LogP contribution in [0.5, 0.6) is 0 Å². The van der Waals surface area contributed by atoms with Crippen LogP contribution in [0.25, 0.3) is 0 Å². The van der Waals surface area contributed by atoms with Gasteiger partial charge in [-0.3, -0.25) is 4.79 Å². The van der Waals surface area contributed by atoms with Crippen LogP contribution in [-0.2, 0) is 21.9 Å². The first-order valence-electron chi connectivity index (χ1n) is 7.92. The first kappa shape index (κ1) is 17.9. The highest BCUT2D eigenvalue weighted by molar-refractivity contribution is 7.89. The Hall–Kier alpha value is -1.45. The molecule has 0 saturated carbocycles. The highest BCUT2D eigenvalue weighted by Crippen LogP contribution is 2.13. The number of hydrogen-bond acceptors (Lipinski definition) is 5. The van der Waals surface area contributed by atoms with Crippen molar-refractivity contribution >= 4 is 15.9 Å². The third-order valence-corrected chi connectivity index (χ3v) is 5.19. The minimum atomic E-state index is -3.76. The molecule has 1 aliphatic heterocycles. The molecule has 1 amide bonds. The number of aromatic nitrogens is 2. The Morgan fingerprint density at radius 2 is 2.17 bits per heavy atom. The van der Waals surface area contributed by atoms with Crippen LogP contribution in [0.2, 0.25) is 0 Å². The zero-order chi connectivity index (χ0) is 16.9. The van der Waals surface area contributed by atoms with E-state index in [1.165, 1.54) is 12.5 Å². The molecule has 9 heteroatoms. The normalized spacial score (nSPS) is 16.4. The van der Waals surface area contributed by atoms with Gasteiger partial charge < -0.3 is 14.8 Å². The van der Waals surface area contributed by atoms with Gasteiger partial charge in [0.2, 0.25) is 5.91 Å². The second-order valence-corrected chi connectivity index (χ2v) is 7.48. The number of piperidine rings is 1. The monoisotopic (exact) mass is 343 g/mol. The van der Waals surface area contributed by atoms with E-state index in [1.54, 1.807) is 11.6 Å². The Morgan fingerprint density at radius 1 is 1.48 bits per heavy atom. The molecule has 1 fully saturated rings. The summed E-state index contributed by atoms with van der Waals surface area (Å²) >= 11 is 0. The van der Waals surface area contributed by atoms with Crippen LogP contribution in [0, 0.1) is 0 Å². The highest BCUT2D eigenvalue weighted by Gasteiger charge is 2.26. The molecule has 0 aliphatic carbocycles. The zero-order valence-electron chi connectivity index (χ0n) is 13.7. The molecule has 0 bridgehead atoms. The minimum absolute atomic E-state index is 0.0725. The molecule has 0 atom stereocenters. The van der Waals surface area contributed by atoms with Crippen LogP contribution in [0.15, 0.2) is 17.6 Å². The maximum Gasteiger partial charge on any atom is 0.260 e. The third-order valence-electron chi connectivity index (χ3n) is 3.90. The molecule has 1 aliphatic rings. The maximum absolute atomic E-state index is 12.5. The molecular weight excluding hydrogens is 318 g/mol. The smallest absolute Gasteiger partial charge is 0.260 e. The van der Waals surface area contributed by atoms with Gasteiger partial charge in [-0.15, -0.1) is 0 Å². The number of hydrogen-bond donors (Lipinski definition) is 2. The lowest BCUT2D eigenvalue weighted by atomic mass is 10.0. The topological polar surface area (TPSA) is 96.3 Å². The molecule has 1 saturated heterocycles. The van der Waals surface area contributed by atoms with Crippen LogP contribution >= 0.6 is 0 Å². The summed E-state index contributed by atoms with van der Waals surface area (Å²) in [7, 11) is -2.06. The molecular formula is C14H25N5O3S. The van der Waals surface area contributed by atoms with E-state index in [2.05, 4.69) is 15.0 Å². The molecule has 8 nitrogen and oxygen atoms in total. The zero-order valence-corrected chi connectivity index (χ0v) is 14.5. The van der Waals surface area contributed by atoms with E-state index < -0.39 is 10.0 Å². The predicted octanol–water partition coefficient (Wildman–Crippen LogP) is -0.311. The van der Waals surface area contributed by atoms with Crippen molar-refractivity contribution < 1.29 is 13.2 Å². The third kappa shape index (κ3) is 4.76. The summed E-state index contributed by atoms with van der Waals surface area (Å²) in [5.41, 5.74) is 0. The van der Waals surface area contributed by atoms with Crippen molar-refractivity contribution in [3.8, 4) is 0 Å². The number of rotatable bonds is 7. The number of carbonyl (C=O) groups excluding carboxylic acids is 1. The van der Waals surface area contributed by atoms with Crippen LogP contribution in [-0.4, -0.2) is 61.0 Å². The van der Waals surface area contributed by atoms with Crippen LogP contribution in [0.3, 0.4) is 0 Å². The Balaban J connectivity index is 1.98. The lowest BCUT2D eigenvalue weighted by Gasteiger charge is -2.34. The maximum atomic E-state index is 12.5. The standard InChI is InChI=1S/C14H25N5O3S/c1-3-8-19(12-4-6-15-7-5-12)14(20)9-17-23(21,22)13-10-18(2)11-16-13/h10-12,15,17H,3-9H2,1-2H3. The van der Waals surface area contributed by atoms with Crippen molar-refractivity contribution in [2.45, 2.75) is 37.3 Å². The largest absolute Gasteiger partial charge is 0.339 e. The molecule has 0 spiro atoms. The van der Waals surface area contributed by atoms with Gasteiger partial charge in [-0.1, -0.05) is 6.92 Å². The van der Waals surface area contributed by atoms with Crippen molar-refractivity contribution in [3.63, 3.8) is 0 Å². The fraction of sp³-hybridized carbons (Fsp3) is 0.714. The van der Waals surface area contributed by atoms with Crippen molar-refractivity contribution in [1.82, 2.24) is 24.5 Å². The van der Waals surface area contributed by atoms with E-state index in [9.17, 15) is 13.2 Å². The van der Waals surface area contributed by atoms with Gasteiger partial charge in [-0.2, -0.15) is 0 Å². The molecule has 1 aromatic heterocycles. The highest BCUT2D eigenvalue weighted by atomic mass is 32.2. The fourth-order valence-corrected chi connectivity index (χ4v) is 3.68. The summed E-state index contributed by atoms with van der Waals surface area (Å²) in [6.07, 6.45) is 5.47. The second-order valence-electron chi connectivity index (χ2n) is 5.77. The number of nitrogens with zero attached hydrogens (tertiary/aromatic N) is 3. The number of aryl methyl sites for hydroxylation is 1. The molecule has 130 valence electrons. The Morgan fingerprint density at radius 3 is 2.74 bits per heavy atom. The Labute approximate surface area is 137 Å². The van der Waals surface area contributed by atoms with E-state index in [0.29, 0.717) is 6.54 Å².